The Bertz CT molecular complexity index is 692. The summed E-state index contributed by atoms with van der Waals surface area (Å²) in [6.07, 6.45) is 6.41. The van der Waals surface area contributed by atoms with Crippen molar-refractivity contribution in [2.45, 2.75) is 44.2 Å². The molecule has 1 aromatic carbocycles. The van der Waals surface area contributed by atoms with Crippen LogP contribution in [-0.4, -0.2) is 80.1 Å². The lowest BCUT2D eigenvalue weighted by Gasteiger charge is -2.57. The van der Waals surface area contributed by atoms with E-state index in [0.717, 1.165) is 31.2 Å². The Morgan fingerprint density at radius 1 is 1.21 bits per heavy atom. The van der Waals surface area contributed by atoms with E-state index in [4.69, 9.17) is 4.74 Å². The zero-order chi connectivity index (χ0) is 19.7. The second-order valence-electron chi connectivity index (χ2n) is 9.16. The average molecular weight is 386 g/mol. The Kier molecular flexibility index (Phi) is 5.93. The van der Waals surface area contributed by atoms with Crippen molar-refractivity contribution in [3.05, 3.63) is 29.8 Å². The number of carbonyl (C=O) groups is 1. The van der Waals surface area contributed by atoms with Crippen LogP contribution in [0.2, 0.25) is 0 Å². The summed E-state index contributed by atoms with van der Waals surface area (Å²) in [5.41, 5.74) is 1.37. The van der Waals surface area contributed by atoms with Gasteiger partial charge in [-0.05, 0) is 61.8 Å². The lowest BCUT2D eigenvalue weighted by molar-refractivity contribution is -0.132. The molecule has 1 aromatic rings. The molecule has 4 rings (SSSR count). The number of methoxy groups -OCH3 is 1. The summed E-state index contributed by atoms with van der Waals surface area (Å²) in [7, 11) is 5.47. The first-order chi connectivity index (χ1) is 13.5. The van der Waals surface area contributed by atoms with Gasteiger partial charge < -0.3 is 9.64 Å². The van der Waals surface area contributed by atoms with Crippen LogP contribution in [0.5, 0.6) is 5.75 Å². The lowest BCUT2D eigenvalue weighted by atomic mass is 9.71. The van der Waals surface area contributed by atoms with E-state index in [1.165, 1.54) is 37.8 Å². The van der Waals surface area contributed by atoms with Gasteiger partial charge in [-0.1, -0.05) is 18.6 Å². The molecule has 0 aliphatic carbocycles. The van der Waals surface area contributed by atoms with Crippen molar-refractivity contribution in [3.63, 3.8) is 0 Å². The van der Waals surface area contributed by atoms with E-state index in [2.05, 4.69) is 28.0 Å². The monoisotopic (exact) mass is 385 g/mol. The number of amides is 1. The van der Waals surface area contributed by atoms with Crippen LogP contribution in [0.25, 0.3) is 0 Å². The molecule has 0 saturated carbocycles. The Morgan fingerprint density at radius 3 is 2.82 bits per heavy atom. The van der Waals surface area contributed by atoms with Crippen LogP contribution >= 0.6 is 0 Å². The number of fused-ring (bicyclic) bond motifs is 4. The first kappa shape index (κ1) is 19.7. The van der Waals surface area contributed by atoms with Gasteiger partial charge in [-0.15, -0.1) is 0 Å². The molecule has 0 radical (unpaired) electrons. The average Bonchev–Trinajstić information content (AvgIpc) is 2.71. The Morgan fingerprint density at radius 2 is 2.04 bits per heavy atom. The minimum absolute atomic E-state index is 0.227. The van der Waals surface area contributed by atoms with Crippen LogP contribution in [0.1, 0.15) is 31.2 Å². The van der Waals surface area contributed by atoms with Crippen LogP contribution in [0, 0.1) is 11.8 Å². The molecule has 3 fully saturated rings. The van der Waals surface area contributed by atoms with Crippen molar-refractivity contribution < 1.29 is 9.53 Å². The number of hydrogen-bond donors (Lipinski definition) is 0. The van der Waals surface area contributed by atoms with Crippen molar-refractivity contribution in [3.8, 4) is 5.75 Å². The van der Waals surface area contributed by atoms with Crippen LogP contribution in [0.15, 0.2) is 24.3 Å². The predicted octanol–water partition coefficient (Wildman–Crippen LogP) is 2.50. The fourth-order valence-electron chi connectivity index (χ4n) is 5.79. The smallest absolute Gasteiger partial charge is 0.236 e. The molecule has 0 aromatic heterocycles. The van der Waals surface area contributed by atoms with Crippen LogP contribution in [-0.2, 0) is 11.2 Å². The van der Waals surface area contributed by atoms with Crippen molar-refractivity contribution in [2.75, 3.05) is 47.4 Å². The van der Waals surface area contributed by atoms with E-state index >= 15 is 0 Å². The number of ether oxygens (including phenoxy) is 1. The van der Waals surface area contributed by atoms with Crippen molar-refractivity contribution in [2.24, 2.45) is 11.8 Å². The predicted molar refractivity (Wildman–Crippen MR) is 112 cm³/mol. The number of carbonyl (C=O) groups excluding carboxylic acids is 1. The number of hydrogen-bond acceptors (Lipinski definition) is 4. The van der Waals surface area contributed by atoms with E-state index in [1.54, 1.807) is 12.0 Å². The number of likely N-dealkylation sites (N-methyl/N-ethyl adjacent to an activating group) is 1. The third-order valence-corrected chi connectivity index (χ3v) is 7.13. The van der Waals surface area contributed by atoms with Crippen molar-refractivity contribution >= 4 is 5.91 Å². The normalized spacial score (nSPS) is 30.5. The van der Waals surface area contributed by atoms with E-state index in [9.17, 15) is 4.79 Å². The van der Waals surface area contributed by atoms with E-state index in [0.29, 0.717) is 24.5 Å². The van der Waals surface area contributed by atoms with Gasteiger partial charge in [0, 0.05) is 39.3 Å². The molecule has 5 nitrogen and oxygen atoms in total. The molecule has 0 spiro atoms. The molecule has 0 N–H and O–H groups in total. The SMILES string of the molecule is COc1cccc(C[C@H]2[C@H]3C[C@H](CN(CC(=O)N(C)C)C3)[C@@H]3CCCCN32)c1. The molecule has 3 saturated heterocycles. The number of nitrogens with zero attached hydrogens (tertiary/aromatic N) is 3. The van der Waals surface area contributed by atoms with Gasteiger partial charge in [-0.25, -0.2) is 0 Å². The summed E-state index contributed by atoms with van der Waals surface area (Å²) in [5, 5.41) is 0. The molecule has 3 aliphatic heterocycles. The third-order valence-electron chi connectivity index (χ3n) is 7.13. The number of likely N-dealkylation sites (tertiary alicyclic amines) is 1. The molecule has 154 valence electrons. The highest BCUT2D eigenvalue weighted by atomic mass is 16.5. The zero-order valence-corrected chi connectivity index (χ0v) is 17.6. The lowest BCUT2D eigenvalue weighted by Crippen LogP contribution is -2.64. The summed E-state index contributed by atoms with van der Waals surface area (Å²) in [5.74, 6) is 2.54. The van der Waals surface area contributed by atoms with E-state index in [-0.39, 0.29) is 5.91 Å². The topological polar surface area (TPSA) is 36.0 Å². The number of piperidine rings is 3. The molecule has 3 heterocycles. The standard InChI is InChI=1S/C23H35N3O2/c1-24(2)23(27)16-25-14-18-13-19(15-25)22(26-10-5-4-9-21(18)26)12-17-7-6-8-20(11-17)28-3/h6-8,11,18-19,21-22H,4-5,9-10,12-16H2,1-3H3/t18-,19+,21+,22+/m1/s1. The van der Waals surface area contributed by atoms with E-state index < -0.39 is 0 Å². The summed E-state index contributed by atoms with van der Waals surface area (Å²) in [4.78, 5) is 19.3. The van der Waals surface area contributed by atoms with Gasteiger partial charge in [-0.2, -0.15) is 0 Å². The quantitative estimate of drug-likeness (QED) is 0.780. The largest absolute Gasteiger partial charge is 0.497 e. The van der Waals surface area contributed by atoms with Gasteiger partial charge >= 0.3 is 0 Å². The van der Waals surface area contributed by atoms with E-state index in [1.807, 2.05) is 20.2 Å². The first-order valence-corrected chi connectivity index (χ1v) is 10.9. The Balaban J connectivity index is 1.54. The molecule has 28 heavy (non-hydrogen) atoms. The van der Waals surface area contributed by atoms with Gasteiger partial charge in [0.15, 0.2) is 0 Å². The molecule has 2 bridgehead atoms. The maximum Gasteiger partial charge on any atom is 0.236 e. The van der Waals surface area contributed by atoms with Crippen molar-refractivity contribution in [1.29, 1.82) is 0 Å². The van der Waals surface area contributed by atoms with Crippen LogP contribution in [0.4, 0.5) is 0 Å². The van der Waals surface area contributed by atoms with Crippen LogP contribution in [0.3, 0.4) is 0 Å². The maximum absolute atomic E-state index is 12.3. The number of rotatable bonds is 5. The fourth-order valence-corrected chi connectivity index (χ4v) is 5.79. The maximum atomic E-state index is 12.3. The minimum atomic E-state index is 0.227. The first-order valence-electron chi connectivity index (χ1n) is 10.9. The summed E-state index contributed by atoms with van der Waals surface area (Å²) in [6.45, 7) is 3.94. The second kappa shape index (κ2) is 8.42. The molecular weight excluding hydrogens is 350 g/mol. The summed E-state index contributed by atoms with van der Waals surface area (Å²) < 4.78 is 5.45. The summed E-state index contributed by atoms with van der Waals surface area (Å²) in [6, 6.07) is 9.84. The molecule has 4 atom stereocenters. The van der Waals surface area contributed by atoms with Gasteiger partial charge in [0.1, 0.15) is 5.75 Å². The molecule has 0 unspecified atom stereocenters. The molecule has 1 amide bonds. The Labute approximate surface area is 169 Å². The molecule has 5 heteroatoms. The van der Waals surface area contributed by atoms with Crippen molar-refractivity contribution in [1.82, 2.24) is 14.7 Å². The van der Waals surface area contributed by atoms with Gasteiger partial charge in [0.25, 0.3) is 0 Å². The number of benzene rings is 1. The second-order valence-corrected chi connectivity index (χ2v) is 9.16. The van der Waals surface area contributed by atoms with Gasteiger partial charge in [0.05, 0.1) is 13.7 Å². The van der Waals surface area contributed by atoms with Gasteiger partial charge in [0.2, 0.25) is 5.91 Å². The highest BCUT2D eigenvalue weighted by Crippen LogP contribution is 2.42. The third kappa shape index (κ3) is 4.06. The summed E-state index contributed by atoms with van der Waals surface area (Å²) >= 11 is 0. The Hall–Kier alpha value is -1.59. The fraction of sp³-hybridized carbons (Fsp3) is 0.696. The molecular formula is C23H35N3O2. The minimum Gasteiger partial charge on any atom is -0.497 e. The highest BCUT2D eigenvalue weighted by Gasteiger charge is 2.47. The van der Waals surface area contributed by atoms with Crippen LogP contribution < -0.4 is 4.74 Å². The zero-order valence-electron chi connectivity index (χ0n) is 17.6. The highest BCUT2D eigenvalue weighted by molar-refractivity contribution is 5.77. The molecule has 3 aliphatic rings. The van der Waals surface area contributed by atoms with Gasteiger partial charge in [-0.3, -0.25) is 14.6 Å².